The molecule has 11 heteroatoms. The second-order valence-electron chi connectivity index (χ2n) is 5.09. The average molecular weight is 344 g/mol. The third-order valence-corrected chi connectivity index (χ3v) is 4.14. The molecule has 0 aliphatic carbocycles. The number of anilines is 1. The van der Waals surface area contributed by atoms with E-state index in [2.05, 4.69) is 9.97 Å². The Kier molecular flexibility index (Phi) is 3.86. The number of aliphatic hydroxyl groups excluding tert-OH is 3. The summed E-state index contributed by atoms with van der Waals surface area (Å²) >= 11 is 6.21. The van der Waals surface area contributed by atoms with Gasteiger partial charge < -0.3 is 31.5 Å². The van der Waals surface area contributed by atoms with E-state index in [1.54, 1.807) is 0 Å². The van der Waals surface area contributed by atoms with Gasteiger partial charge in [-0.25, -0.2) is 9.97 Å². The van der Waals surface area contributed by atoms with Crippen LogP contribution in [-0.4, -0.2) is 60.7 Å². The minimum absolute atomic E-state index is 0.0174. The summed E-state index contributed by atoms with van der Waals surface area (Å²) < 4.78 is 6.61. The first-order valence-electron chi connectivity index (χ1n) is 6.60. The second kappa shape index (κ2) is 5.58. The zero-order chi connectivity index (χ0) is 16.9. The minimum Gasteiger partial charge on any atom is -0.394 e. The number of halogens is 1. The van der Waals surface area contributed by atoms with Crippen LogP contribution < -0.4 is 11.5 Å². The van der Waals surface area contributed by atoms with Gasteiger partial charge in [0.2, 0.25) is 0 Å². The van der Waals surface area contributed by atoms with Crippen LogP contribution >= 0.6 is 11.6 Å². The second-order valence-corrected chi connectivity index (χ2v) is 5.44. The van der Waals surface area contributed by atoms with E-state index in [4.69, 9.17) is 27.8 Å². The average Bonchev–Trinajstić information content (AvgIpc) is 2.95. The van der Waals surface area contributed by atoms with Crippen LogP contribution in [0, 0.1) is 0 Å². The SMILES string of the molecule is NC(=O)c1c(Cl)n(C2OC(CO)C(O)C2O)c2ncnc(N)c12. The molecule has 1 aliphatic rings. The molecule has 1 amide bonds. The lowest BCUT2D eigenvalue weighted by Crippen LogP contribution is -2.33. The summed E-state index contributed by atoms with van der Waals surface area (Å²) in [7, 11) is 0. The molecule has 23 heavy (non-hydrogen) atoms. The highest BCUT2D eigenvalue weighted by atomic mass is 35.5. The fourth-order valence-electron chi connectivity index (χ4n) is 2.68. The number of amides is 1. The molecule has 2 aromatic rings. The van der Waals surface area contributed by atoms with Crippen LogP contribution in [0.4, 0.5) is 5.82 Å². The Balaban J connectivity index is 2.25. The molecule has 124 valence electrons. The van der Waals surface area contributed by atoms with Crippen molar-refractivity contribution in [2.75, 3.05) is 12.3 Å². The standard InChI is InChI=1S/C12H14ClN5O5/c13-8-4(10(15)22)5-9(14)16-2-17-11(5)18(8)12-7(21)6(20)3(1-19)23-12/h2-3,6-7,12,19-21H,1H2,(H2,15,22)(H2,14,16,17). The zero-order valence-corrected chi connectivity index (χ0v) is 12.4. The largest absolute Gasteiger partial charge is 0.394 e. The molecular formula is C12H14ClN5O5. The van der Waals surface area contributed by atoms with Crippen LogP contribution in [0.5, 0.6) is 0 Å². The smallest absolute Gasteiger partial charge is 0.252 e. The number of hydrogen-bond donors (Lipinski definition) is 5. The summed E-state index contributed by atoms with van der Waals surface area (Å²) in [6.07, 6.45) is -3.79. The van der Waals surface area contributed by atoms with Crippen molar-refractivity contribution >= 4 is 34.4 Å². The monoisotopic (exact) mass is 343 g/mol. The summed E-state index contributed by atoms with van der Waals surface area (Å²) in [4.78, 5) is 19.5. The van der Waals surface area contributed by atoms with Crippen LogP contribution in [0.25, 0.3) is 11.0 Å². The van der Waals surface area contributed by atoms with E-state index in [1.165, 1.54) is 4.57 Å². The summed E-state index contributed by atoms with van der Waals surface area (Å²) in [5.41, 5.74) is 11.1. The van der Waals surface area contributed by atoms with E-state index >= 15 is 0 Å². The van der Waals surface area contributed by atoms with E-state index in [1.807, 2.05) is 0 Å². The van der Waals surface area contributed by atoms with Crippen LogP contribution in [0.15, 0.2) is 6.33 Å². The van der Waals surface area contributed by atoms with Crippen LogP contribution in [-0.2, 0) is 4.74 Å². The summed E-state index contributed by atoms with van der Waals surface area (Å²) in [5, 5.41) is 29.2. The number of fused-ring (bicyclic) bond motifs is 1. The Bertz CT molecular complexity index is 781. The van der Waals surface area contributed by atoms with Crippen LogP contribution in [0.3, 0.4) is 0 Å². The van der Waals surface area contributed by atoms with Crippen molar-refractivity contribution in [2.24, 2.45) is 5.73 Å². The van der Waals surface area contributed by atoms with E-state index in [0.717, 1.165) is 6.33 Å². The first-order chi connectivity index (χ1) is 10.9. The highest BCUT2D eigenvalue weighted by Gasteiger charge is 2.45. The highest BCUT2D eigenvalue weighted by molar-refractivity contribution is 6.35. The van der Waals surface area contributed by atoms with Crippen molar-refractivity contribution < 1.29 is 24.9 Å². The number of aliphatic hydroxyl groups is 3. The van der Waals surface area contributed by atoms with Crippen LogP contribution in [0.1, 0.15) is 16.6 Å². The van der Waals surface area contributed by atoms with E-state index in [0.29, 0.717) is 0 Å². The molecular weight excluding hydrogens is 330 g/mol. The first-order valence-corrected chi connectivity index (χ1v) is 6.98. The van der Waals surface area contributed by atoms with Crippen molar-refractivity contribution in [1.29, 1.82) is 0 Å². The Labute approximate surface area is 134 Å². The molecule has 0 spiro atoms. The number of aromatic nitrogens is 3. The maximum atomic E-state index is 11.7. The van der Waals surface area contributed by atoms with Crippen molar-refractivity contribution in [3.8, 4) is 0 Å². The molecule has 3 rings (SSSR count). The van der Waals surface area contributed by atoms with Gasteiger partial charge in [0, 0.05) is 0 Å². The number of rotatable bonds is 3. The maximum absolute atomic E-state index is 11.7. The van der Waals surface area contributed by atoms with Gasteiger partial charge in [-0.15, -0.1) is 0 Å². The quantitative estimate of drug-likeness (QED) is 0.442. The van der Waals surface area contributed by atoms with Gasteiger partial charge in [-0.2, -0.15) is 0 Å². The lowest BCUT2D eigenvalue weighted by atomic mass is 10.1. The number of nitrogen functional groups attached to an aromatic ring is 1. The van der Waals surface area contributed by atoms with Gasteiger partial charge in [-0.1, -0.05) is 11.6 Å². The number of ether oxygens (including phenoxy) is 1. The summed E-state index contributed by atoms with van der Waals surface area (Å²) in [5.74, 6) is -0.872. The van der Waals surface area contributed by atoms with Crippen molar-refractivity contribution in [3.63, 3.8) is 0 Å². The molecule has 3 heterocycles. The number of hydrogen-bond acceptors (Lipinski definition) is 8. The Hall–Kier alpha value is -1.98. The third kappa shape index (κ3) is 2.23. The van der Waals surface area contributed by atoms with Gasteiger partial charge in [0.05, 0.1) is 17.6 Å². The molecule has 1 saturated heterocycles. The Morgan fingerprint density at radius 1 is 1.39 bits per heavy atom. The van der Waals surface area contributed by atoms with E-state index in [9.17, 15) is 20.1 Å². The maximum Gasteiger partial charge on any atom is 0.252 e. The van der Waals surface area contributed by atoms with Gasteiger partial charge in [-0.3, -0.25) is 9.36 Å². The molecule has 1 fully saturated rings. The third-order valence-electron chi connectivity index (χ3n) is 3.77. The minimum atomic E-state index is -1.41. The highest BCUT2D eigenvalue weighted by Crippen LogP contribution is 2.39. The molecule has 2 aromatic heterocycles. The van der Waals surface area contributed by atoms with Gasteiger partial charge >= 0.3 is 0 Å². The molecule has 1 aliphatic heterocycles. The van der Waals surface area contributed by atoms with Gasteiger partial charge in [0.15, 0.2) is 6.23 Å². The zero-order valence-electron chi connectivity index (χ0n) is 11.6. The predicted molar refractivity (Wildman–Crippen MR) is 78.5 cm³/mol. The molecule has 7 N–H and O–H groups in total. The number of nitrogens with two attached hydrogens (primary N) is 2. The van der Waals surface area contributed by atoms with Gasteiger partial charge in [0.1, 0.15) is 41.3 Å². The lowest BCUT2D eigenvalue weighted by molar-refractivity contribution is -0.0507. The van der Waals surface area contributed by atoms with E-state index in [-0.39, 0.29) is 27.6 Å². The Morgan fingerprint density at radius 2 is 2.09 bits per heavy atom. The summed E-state index contributed by atoms with van der Waals surface area (Å²) in [6, 6.07) is 0. The fourth-order valence-corrected chi connectivity index (χ4v) is 3.04. The molecule has 0 radical (unpaired) electrons. The lowest BCUT2D eigenvalue weighted by Gasteiger charge is -2.18. The number of nitrogens with zero attached hydrogens (tertiary/aromatic N) is 3. The molecule has 0 saturated carbocycles. The van der Waals surface area contributed by atoms with Crippen molar-refractivity contribution in [2.45, 2.75) is 24.5 Å². The van der Waals surface area contributed by atoms with E-state index < -0.39 is 37.1 Å². The van der Waals surface area contributed by atoms with Gasteiger partial charge in [-0.05, 0) is 0 Å². The first kappa shape index (κ1) is 15.9. The molecule has 0 aromatic carbocycles. The predicted octanol–water partition coefficient (Wildman–Crippen LogP) is -1.62. The Morgan fingerprint density at radius 3 is 2.65 bits per heavy atom. The molecule has 4 atom stereocenters. The number of carbonyl (C=O) groups excluding carboxylic acids is 1. The molecule has 0 bridgehead atoms. The summed E-state index contributed by atoms with van der Waals surface area (Å²) in [6.45, 7) is -0.509. The van der Waals surface area contributed by atoms with Crippen LogP contribution in [0.2, 0.25) is 5.15 Å². The molecule has 10 nitrogen and oxygen atoms in total. The van der Waals surface area contributed by atoms with Gasteiger partial charge in [0.25, 0.3) is 5.91 Å². The molecule has 4 unspecified atom stereocenters. The van der Waals surface area contributed by atoms with Crippen molar-refractivity contribution in [3.05, 3.63) is 17.0 Å². The topological polar surface area (TPSA) is 170 Å². The normalized spacial score (nSPS) is 27.7. The number of carbonyl (C=O) groups is 1. The fraction of sp³-hybridized carbons (Fsp3) is 0.417. The van der Waals surface area contributed by atoms with Crippen molar-refractivity contribution in [1.82, 2.24) is 14.5 Å². The number of primary amides is 1.